The number of nitrogens with zero attached hydrogens (tertiary/aromatic N) is 5. The zero-order valence-electron chi connectivity index (χ0n) is 17.9. The van der Waals surface area contributed by atoms with Crippen molar-refractivity contribution in [1.29, 1.82) is 5.26 Å². The fourth-order valence-corrected chi connectivity index (χ4v) is 4.50. The van der Waals surface area contributed by atoms with Crippen LogP contribution in [0.4, 0.5) is 9.52 Å². The molecule has 0 atom stereocenters. The van der Waals surface area contributed by atoms with Gasteiger partial charge in [0.15, 0.2) is 10.9 Å². The van der Waals surface area contributed by atoms with Gasteiger partial charge >= 0.3 is 0 Å². The average Bonchev–Trinajstić information content (AvgIpc) is 3.43. The van der Waals surface area contributed by atoms with E-state index in [1.807, 2.05) is 17.5 Å². The summed E-state index contributed by atoms with van der Waals surface area (Å²) < 4.78 is 23.6. The van der Waals surface area contributed by atoms with Crippen molar-refractivity contribution in [3.8, 4) is 40.0 Å². The molecule has 35 heavy (non-hydrogen) atoms. The first kappa shape index (κ1) is 22.5. The molecule has 0 spiro atoms. The van der Waals surface area contributed by atoms with Gasteiger partial charge in [0.25, 0.3) is 0 Å². The van der Waals surface area contributed by atoms with Crippen LogP contribution in [-0.4, -0.2) is 19.9 Å². The standard InChI is InChI=1S/C25H15FN6OS2/c26-24-19(4-2-8-29-24)21-12-20(16-3-1-7-28-14-16)23(15-31-21)33-22-6-5-18(11-17(22)13-27)35-32-25-30-9-10-34-25/h1-12,14-15H,(H,30,32). The second kappa shape index (κ2) is 10.3. The van der Waals surface area contributed by atoms with E-state index in [0.717, 1.165) is 15.6 Å². The van der Waals surface area contributed by atoms with E-state index < -0.39 is 5.95 Å². The molecular formula is C25H15FN6OS2. The summed E-state index contributed by atoms with van der Waals surface area (Å²) in [5, 5.41) is 12.4. The molecule has 1 N–H and O–H groups in total. The molecule has 170 valence electrons. The molecule has 0 aliphatic carbocycles. The zero-order valence-corrected chi connectivity index (χ0v) is 19.6. The smallest absolute Gasteiger partial charge is 0.222 e. The van der Waals surface area contributed by atoms with Crippen molar-refractivity contribution < 1.29 is 9.13 Å². The Kier molecular flexibility index (Phi) is 6.61. The van der Waals surface area contributed by atoms with E-state index >= 15 is 0 Å². The van der Waals surface area contributed by atoms with Gasteiger partial charge in [-0.25, -0.2) is 9.97 Å². The minimum Gasteiger partial charge on any atom is -0.454 e. The first-order valence-electron chi connectivity index (χ1n) is 10.3. The van der Waals surface area contributed by atoms with Crippen molar-refractivity contribution in [2.45, 2.75) is 4.90 Å². The molecule has 1 aromatic carbocycles. The first-order chi connectivity index (χ1) is 17.2. The third kappa shape index (κ3) is 5.11. The summed E-state index contributed by atoms with van der Waals surface area (Å²) in [5.74, 6) is 0.166. The van der Waals surface area contributed by atoms with Crippen molar-refractivity contribution >= 4 is 28.4 Å². The Hall–Kier alpha value is -4.33. The van der Waals surface area contributed by atoms with E-state index in [-0.39, 0.29) is 5.56 Å². The van der Waals surface area contributed by atoms with Gasteiger partial charge in [-0.05, 0) is 54.4 Å². The van der Waals surface area contributed by atoms with Crippen LogP contribution in [0.25, 0.3) is 22.4 Å². The van der Waals surface area contributed by atoms with Crippen LogP contribution in [0.15, 0.2) is 89.8 Å². The van der Waals surface area contributed by atoms with Crippen molar-refractivity contribution in [2.24, 2.45) is 0 Å². The number of rotatable bonds is 7. The normalized spacial score (nSPS) is 10.5. The highest BCUT2D eigenvalue weighted by Gasteiger charge is 2.16. The Bertz CT molecular complexity index is 1510. The number of benzene rings is 1. The molecule has 0 saturated carbocycles. The van der Waals surface area contributed by atoms with Crippen molar-refractivity contribution in [3.63, 3.8) is 0 Å². The minimum atomic E-state index is -0.614. The Balaban J connectivity index is 1.48. The molecule has 0 fully saturated rings. The Morgan fingerprint density at radius 1 is 0.943 bits per heavy atom. The van der Waals surface area contributed by atoms with E-state index in [9.17, 15) is 9.65 Å². The summed E-state index contributed by atoms with van der Waals surface area (Å²) in [4.78, 5) is 17.3. The van der Waals surface area contributed by atoms with Crippen molar-refractivity contribution in [1.82, 2.24) is 19.9 Å². The Morgan fingerprint density at radius 2 is 1.86 bits per heavy atom. The summed E-state index contributed by atoms with van der Waals surface area (Å²) in [7, 11) is 0. The largest absolute Gasteiger partial charge is 0.454 e. The molecular weight excluding hydrogens is 483 g/mol. The van der Waals surface area contributed by atoms with Gasteiger partial charge < -0.3 is 9.46 Å². The lowest BCUT2D eigenvalue weighted by Gasteiger charge is -2.14. The second-order valence-corrected chi connectivity index (χ2v) is 8.84. The summed E-state index contributed by atoms with van der Waals surface area (Å²) in [6.07, 6.45) is 7.96. The topological polar surface area (TPSA) is 96.6 Å². The van der Waals surface area contributed by atoms with Crippen LogP contribution in [0.5, 0.6) is 11.5 Å². The van der Waals surface area contributed by atoms with E-state index in [1.165, 1.54) is 35.7 Å². The number of ether oxygens (including phenoxy) is 1. The number of hydrogen-bond acceptors (Lipinski definition) is 9. The van der Waals surface area contributed by atoms with Crippen LogP contribution < -0.4 is 9.46 Å². The molecule has 4 heterocycles. The van der Waals surface area contributed by atoms with Crippen LogP contribution >= 0.6 is 23.3 Å². The molecule has 5 rings (SSSR count). The fourth-order valence-electron chi connectivity index (χ4n) is 3.24. The van der Waals surface area contributed by atoms with Crippen molar-refractivity contribution in [2.75, 3.05) is 4.72 Å². The third-order valence-electron chi connectivity index (χ3n) is 4.85. The highest BCUT2D eigenvalue weighted by Crippen LogP contribution is 2.37. The number of nitrogens with one attached hydrogen (secondary N) is 1. The average molecular weight is 499 g/mol. The lowest BCUT2D eigenvalue weighted by Crippen LogP contribution is -1.96. The molecule has 0 bridgehead atoms. The molecule has 0 radical (unpaired) electrons. The van der Waals surface area contributed by atoms with Gasteiger partial charge in [0.1, 0.15) is 11.8 Å². The highest BCUT2D eigenvalue weighted by molar-refractivity contribution is 8.00. The monoisotopic (exact) mass is 498 g/mol. The zero-order chi connectivity index (χ0) is 24.0. The Labute approximate surface area is 208 Å². The van der Waals surface area contributed by atoms with Gasteiger partial charge in [-0.15, -0.1) is 11.3 Å². The van der Waals surface area contributed by atoms with Gasteiger partial charge in [-0.1, -0.05) is 6.07 Å². The lowest BCUT2D eigenvalue weighted by atomic mass is 10.0. The molecule has 7 nitrogen and oxygen atoms in total. The molecule has 0 aliphatic rings. The molecule has 0 saturated heterocycles. The van der Waals surface area contributed by atoms with Crippen LogP contribution in [0.1, 0.15) is 5.56 Å². The van der Waals surface area contributed by atoms with Gasteiger partial charge in [-0.2, -0.15) is 9.65 Å². The molecule has 0 amide bonds. The number of thiazole rings is 1. The van der Waals surface area contributed by atoms with Crippen LogP contribution in [-0.2, 0) is 0 Å². The van der Waals surface area contributed by atoms with Crippen LogP contribution in [0, 0.1) is 17.3 Å². The number of aromatic nitrogens is 4. The van der Waals surface area contributed by atoms with Gasteiger partial charge in [0.05, 0.1) is 23.0 Å². The summed E-state index contributed by atoms with van der Waals surface area (Å²) in [6, 6.07) is 16.1. The summed E-state index contributed by atoms with van der Waals surface area (Å²) in [6.45, 7) is 0. The van der Waals surface area contributed by atoms with Gasteiger partial charge in [0.2, 0.25) is 5.95 Å². The molecule has 10 heteroatoms. The van der Waals surface area contributed by atoms with Crippen molar-refractivity contribution in [3.05, 3.63) is 96.4 Å². The Morgan fingerprint density at radius 3 is 2.63 bits per heavy atom. The number of halogens is 1. The number of anilines is 1. The predicted octanol–water partition coefficient (Wildman–Crippen LogP) is 6.58. The number of nitriles is 1. The van der Waals surface area contributed by atoms with E-state index in [1.54, 1.807) is 55.0 Å². The highest BCUT2D eigenvalue weighted by atomic mass is 32.2. The maximum absolute atomic E-state index is 14.3. The minimum absolute atomic E-state index is 0.274. The number of pyridine rings is 3. The quantitative estimate of drug-likeness (QED) is 0.198. The predicted molar refractivity (Wildman–Crippen MR) is 133 cm³/mol. The fraction of sp³-hybridized carbons (Fsp3) is 0. The van der Waals surface area contributed by atoms with Gasteiger partial charge in [0, 0.05) is 46.2 Å². The lowest BCUT2D eigenvalue weighted by molar-refractivity contribution is 0.480. The van der Waals surface area contributed by atoms with E-state index in [4.69, 9.17) is 4.74 Å². The molecule has 0 aliphatic heterocycles. The van der Waals surface area contributed by atoms with Crippen LogP contribution in [0.2, 0.25) is 0 Å². The second-order valence-electron chi connectivity index (χ2n) is 7.06. The SMILES string of the molecule is N#Cc1cc(SNc2nccs2)ccc1Oc1cnc(-c2cccnc2F)cc1-c1cccnc1. The first-order valence-corrected chi connectivity index (χ1v) is 12.0. The third-order valence-corrected chi connectivity index (χ3v) is 6.46. The van der Waals surface area contributed by atoms with E-state index in [0.29, 0.717) is 28.3 Å². The van der Waals surface area contributed by atoms with E-state index in [2.05, 4.69) is 30.7 Å². The summed E-state index contributed by atoms with van der Waals surface area (Å²) >= 11 is 2.84. The summed E-state index contributed by atoms with van der Waals surface area (Å²) in [5.41, 5.74) is 2.45. The van der Waals surface area contributed by atoms with Crippen LogP contribution in [0.3, 0.4) is 0 Å². The number of hydrogen-bond donors (Lipinski definition) is 1. The van der Waals surface area contributed by atoms with Gasteiger partial charge in [-0.3, -0.25) is 9.97 Å². The molecule has 0 unspecified atom stereocenters. The molecule has 5 aromatic rings. The maximum Gasteiger partial charge on any atom is 0.222 e. The maximum atomic E-state index is 14.3. The molecule has 4 aromatic heterocycles.